The van der Waals surface area contributed by atoms with Gasteiger partial charge in [-0.2, -0.15) is 10.1 Å². The van der Waals surface area contributed by atoms with Crippen molar-refractivity contribution < 1.29 is 9.53 Å². The van der Waals surface area contributed by atoms with Gasteiger partial charge in [0.1, 0.15) is 5.75 Å². The predicted octanol–water partition coefficient (Wildman–Crippen LogP) is 1.86. The summed E-state index contributed by atoms with van der Waals surface area (Å²) in [4.78, 5) is 16.8. The number of ether oxygens (including phenoxy) is 1. The van der Waals surface area contributed by atoms with Gasteiger partial charge in [-0.15, -0.1) is 0 Å². The highest BCUT2D eigenvalue weighted by atomic mass is 16.5. The Morgan fingerprint density at radius 1 is 1.40 bits per heavy atom. The summed E-state index contributed by atoms with van der Waals surface area (Å²) in [5, 5.41) is 10.7. The fourth-order valence-electron chi connectivity index (χ4n) is 3.04. The number of hydrogen-bond donors (Lipinski definition) is 2. The van der Waals surface area contributed by atoms with Crippen molar-refractivity contribution in [3.05, 3.63) is 35.7 Å². The maximum absolute atomic E-state index is 12.2. The van der Waals surface area contributed by atoms with E-state index in [1.807, 2.05) is 31.3 Å². The van der Waals surface area contributed by atoms with E-state index in [-0.39, 0.29) is 5.91 Å². The summed E-state index contributed by atoms with van der Waals surface area (Å²) in [7, 11) is 3.45. The highest BCUT2D eigenvalue weighted by molar-refractivity contribution is 5.89. The largest absolute Gasteiger partial charge is 0.497 e. The molecule has 0 saturated carbocycles. The Labute approximate surface area is 147 Å². The zero-order valence-corrected chi connectivity index (χ0v) is 14.8. The standard InChI is InChI=1S/C18H25N5O2/c1-23-18(21-17(22-23)14-8-10-19-11-9-14)20-16(24)7-6-13-4-3-5-15(12-13)25-2/h3-5,12,14,19H,6-11H2,1-2H3,(H,20,21,22,24). The molecular weight excluding hydrogens is 318 g/mol. The Bertz CT molecular complexity index is 722. The van der Waals surface area contributed by atoms with Crippen LogP contribution in [0.25, 0.3) is 0 Å². The third kappa shape index (κ3) is 4.57. The van der Waals surface area contributed by atoms with E-state index in [9.17, 15) is 4.79 Å². The second-order valence-corrected chi connectivity index (χ2v) is 6.34. The number of carbonyl (C=O) groups excluding carboxylic acids is 1. The number of nitrogens with one attached hydrogen (secondary N) is 2. The van der Waals surface area contributed by atoms with Gasteiger partial charge in [-0.05, 0) is 50.0 Å². The molecule has 0 bridgehead atoms. The van der Waals surface area contributed by atoms with E-state index in [0.29, 0.717) is 24.7 Å². The maximum Gasteiger partial charge on any atom is 0.227 e. The molecule has 0 aliphatic carbocycles. The highest BCUT2D eigenvalue weighted by Crippen LogP contribution is 2.23. The molecule has 1 fully saturated rings. The number of amides is 1. The van der Waals surface area contributed by atoms with Gasteiger partial charge >= 0.3 is 0 Å². The molecule has 1 saturated heterocycles. The van der Waals surface area contributed by atoms with Crippen molar-refractivity contribution in [1.82, 2.24) is 20.1 Å². The third-order valence-electron chi connectivity index (χ3n) is 4.51. The predicted molar refractivity (Wildman–Crippen MR) is 95.8 cm³/mol. The van der Waals surface area contributed by atoms with Crippen LogP contribution >= 0.6 is 0 Å². The summed E-state index contributed by atoms with van der Waals surface area (Å²) in [5.74, 6) is 2.46. The molecule has 1 aromatic heterocycles. The van der Waals surface area contributed by atoms with Gasteiger partial charge in [0, 0.05) is 19.4 Å². The lowest BCUT2D eigenvalue weighted by Crippen LogP contribution is -2.27. The summed E-state index contributed by atoms with van der Waals surface area (Å²) < 4.78 is 6.86. The lowest BCUT2D eigenvalue weighted by Gasteiger charge is -2.19. The molecular formula is C18H25N5O2. The number of nitrogens with zero attached hydrogens (tertiary/aromatic N) is 3. The molecule has 1 aliphatic rings. The smallest absolute Gasteiger partial charge is 0.227 e. The zero-order valence-electron chi connectivity index (χ0n) is 14.8. The summed E-state index contributed by atoms with van der Waals surface area (Å²) in [6.07, 6.45) is 3.12. The number of rotatable bonds is 6. The Morgan fingerprint density at radius 3 is 2.96 bits per heavy atom. The van der Waals surface area contributed by atoms with Crippen molar-refractivity contribution in [2.75, 3.05) is 25.5 Å². The summed E-state index contributed by atoms with van der Waals surface area (Å²) in [6, 6.07) is 7.77. The molecule has 2 heterocycles. The Morgan fingerprint density at radius 2 is 2.20 bits per heavy atom. The second-order valence-electron chi connectivity index (χ2n) is 6.34. The van der Waals surface area contributed by atoms with Gasteiger partial charge < -0.3 is 10.1 Å². The van der Waals surface area contributed by atoms with Crippen molar-refractivity contribution in [2.45, 2.75) is 31.6 Å². The number of hydrogen-bond acceptors (Lipinski definition) is 5. The second kappa shape index (κ2) is 8.11. The number of methoxy groups -OCH3 is 1. The summed E-state index contributed by atoms with van der Waals surface area (Å²) in [6.45, 7) is 1.98. The monoisotopic (exact) mass is 343 g/mol. The van der Waals surface area contributed by atoms with Crippen LogP contribution in [0.4, 0.5) is 5.95 Å². The fourth-order valence-corrected chi connectivity index (χ4v) is 3.04. The van der Waals surface area contributed by atoms with Crippen LogP contribution in [0.15, 0.2) is 24.3 Å². The van der Waals surface area contributed by atoms with Gasteiger partial charge in [-0.3, -0.25) is 10.1 Å². The summed E-state index contributed by atoms with van der Waals surface area (Å²) >= 11 is 0. The topological polar surface area (TPSA) is 81.1 Å². The van der Waals surface area contributed by atoms with Crippen molar-refractivity contribution in [1.29, 1.82) is 0 Å². The first-order valence-corrected chi connectivity index (χ1v) is 8.70. The van der Waals surface area contributed by atoms with E-state index in [2.05, 4.69) is 20.7 Å². The first-order chi connectivity index (χ1) is 12.2. The minimum absolute atomic E-state index is 0.0600. The van der Waals surface area contributed by atoms with Crippen LogP contribution in [-0.4, -0.2) is 40.9 Å². The van der Waals surface area contributed by atoms with Crippen LogP contribution in [0.5, 0.6) is 5.75 Å². The molecule has 0 spiro atoms. The number of piperidine rings is 1. The molecule has 3 rings (SSSR count). The van der Waals surface area contributed by atoms with Crippen LogP contribution in [0, 0.1) is 0 Å². The maximum atomic E-state index is 12.2. The highest BCUT2D eigenvalue weighted by Gasteiger charge is 2.21. The zero-order chi connectivity index (χ0) is 17.6. The van der Waals surface area contributed by atoms with Crippen LogP contribution in [-0.2, 0) is 18.3 Å². The van der Waals surface area contributed by atoms with Crippen LogP contribution in [0.1, 0.15) is 36.6 Å². The quantitative estimate of drug-likeness (QED) is 0.837. The Kier molecular flexibility index (Phi) is 5.65. The minimum atomic E-state index is -0.0600. The number of carbonyl (C=O) groups is 1. The molecule has 0 atom stereocenters. The van der Waals surface area contributed by atoms with E-state index in [1.54, 1.807) is 11.8 Å². The third-order valence-corrected chi connectivity index (χ3v) is 4.51. The van der Waals surface area contributed by atoms with E-state index in [4.69, 9.17) is 4.74 Å². The molecule has 25 heavy (non-hydrogen) atoms. The average molecular weight is 343 g/mol. The van der Waals surface area contributed by atoms with Gasteiger partial charge in [0.05, 0.1) is 7.11 Å². The lowest BCUT2D eigenvalue weighted by atomic mass is 9.98. The lowest BCUT2D eigenvalue weighted by molar-refractivity contribution is -0.116. The van der Waals surface area contributed by atoms with Crippen LogP contribution < -0.4 is 15.4 Å². The van der Waals surface area contributed by atoms with Crippen molar-refractivity contribution in [2.24, 2.45) is 7.05 Å². The number of anilines is 1. The molecule has 1 aromatic carbocycles. The first kappa shape index (κ1) is 17.4. The Balaban J connectivity index is 1.56. The van der Waals surface area contributed by atoms with Gasteiger partial charge in [0.25, 0.3) is 0 Å². The molecule has 1 amide bonds. The molecule has 1 aliphatic heterocycles. The van der Waals surface area contributed by atoms with Crippen LogP contribution in [0.3, 0.4) is 0 Å². The van der Waals surface area contributed by atoms with E-state index >= 15 is 0 Å². The summed E-state index contributed by atoms with van der Waals surface area (Å²) in [5.41, 5.74) is 1.07. The molecule has 7 heteroatoms. The van der Waals surface area contributed by atoms with Crippen LogP contribution in [0.2, 0.25) is 0 Å². The molecule has 7 nitrogen and oxygen atoms in total. The van der Waals surface area contributed by atoms with Gasteiger partial charge in [0.15, 0.2) is 5.82 Å². The number of aryl methyl sites for hydroxylation is 2. The fraction of sp³-hybridized carbons (Fsp3) is 0.500. The van der Waals surface area contributed by atoms with Gasteiger partial charge in [0.2, 0.25) is 11.9 Å². The SMILES string of the molecule is COc1cccc(CCC(=O)Nc2nc(C3CCNCC3)nn2C)c1. The van der Waals surface area contributed by atoms with Crippen molar-refractivity contribution in [3.8, 4) is 5.75 Å². The average Bonchev–Trinajstić information content (AvgIpc) is 3.01. The number of aromatic nitrogens is 3. The minimum Gasteiger partial charge on any atom is -0.497 e. The molecule has 2 N–H and O–H groups in total. The molecule has 0 radical (unpaired) electrons. The van der Waals surface area contributed by atoms with E-state index < -0.39 is 0 Å². The van der Waals surface area contributed by atoms with Gasteiger partial charge in [-0.25, -0.2) is 4.68 Å². The van der Waals surface area contributed by atoms with Crippen molar-refractivity contribution >= 4 is 11.9 Å². The number of benzene rings is 1. The van der Waals surface area contributed by atoms with E-state index in [0.717, 1.165) is 43.1 Å². The first-order valence-electron chi connectivity index (χ1n) is 8.70. The van der Waals surface area contributed by atoms with Crippen molar-refractivity contribution in [3.63, 3.8) is 0 Å². The molecule has 0 unspecified atom stereocenters. The molecule has 2 aromatic rings. The van der Waals surface area contributed by atoms with E-state index in [1.165, 1.54) is 0 Å². The Hall–Kier alpha value is -2.41. The van der Waals surface area contributed by atoms with Gasteiger partial charge in [-0.1, -0.05) is 12.1 Å². The molecule has 134 valence electrons. The normalized spacial score (nSPS) is 15.1.